The number of nitrogens with zero attached hydrogens (tertiary/aromatic N) is 1. The lowest BCUT2D eigenvalue weighted by molar-refractivity contribution is 0.790. The van der Waals surface area contributed by atoms with Crippen LogP contribution in [0, 0.1) is 0 Å². The third-order valence-electron chi connectivity index (χ3n) is 6.70. The first kappa shape index (κ1) is 23.6. The van der Waals surface area contributed by atoms with Crippen molar-refractivity contribution in [2.45, 2.75) is 39.5 Å². The summed E-state index contributed by atoms with van der Waals surface area (Å²) in [5.74, 6) is 6.38. The Morgan fingerprint density at radius 3 is 2.00 bits per heavy atom. The van der Waals surface area contributed by atoms with Gasteiger partial charge in [0, 0.05) is 29.1 Å². The molecule has 0 bridgehead atoms. The summed E-state index contributed by atoms with van der Waals surface area (Å²) in [5.41, 5.74) is 18.1. The van der Waals surface area contributed by atoms with Crippen molar-refractivity contribution in [2.75, 3.05) is 5.84 Å². The molecule has 0 unspecified atom stereocenters. The summed E-state index contributed by atoms with van der Waals surface area (Å²) in [7, 11) is 0. The average molecular weight is 475 g/mol. The molecule has 2 heterocycles. The van der Waals surface area contributed by atoms with Crippen LogP contribution in [0.1, 0.15) is 48.9 Å². The van der Waals surface area contributed by atoms with Crippen LogP contribution in [0.2, 0.25) is 0 Å². The van der Waals surface area contributed by atoms with Crippen molar-refractivity contribution in [3.8, 4) is 22.4 Å². The van der Waals surface area contributed by atoms with Gasteiger partial charge in [-0.15, -0.1) is 0 Å². The van der Waals surface area contributed by atoms with Gasteiger partial charge in [-0.2, -0.15) is 0 Å². The third kappa shape index (κ3) is 5.08. The quantitative estimate of drug-likeness (QED) is 0.243. The molecule has 5 rings (SSSR count). The predicted octanol–water partition coefficient (Wildman–Crippen LogP) is 6.93. The summed E-state index contributed by atoms with van der Waals surface area (Å²) in [4.78, 5) is 0. The molecule has 0 radical (unpaired) electrons. The van der Waals surface area contributed by atoms with Crippen LogP contribution in [0.4, 0.5) is 0 Å². The van der Waals surface area contributed by atoms with E-state index in [1.807, 2.05) is 12.4 Å². The Hall–Kier alpha value is -4.18. The fourth-order valence-corrected chi connectivity index (χ4v) is 4.76. The topological polar surface area (TPSA) is 55.0 Å². The molecular formula is C32H34N4. The first-order chi connectivity index (χ1) is 17.6. The van der Waals surface area contributed by atoms with Gasteiger partial charge in [0.2, 0.25) is 0 Å². The minimum Gasteiger partial charge on any atom is -0.339 e. The Morgan fingerprint density at radius 2 is 1.33 bits per heavy atom. The van der Waals surface area contributed by atoms with Crippen LogP contribution in [0.15, 0.2) is 97.3 Å². The van der Waals surface area contributed by atoms with Crippen LogP contribution < -0.4 is 16.7 Å². The number of nitrogen functional groups attached to an aromatic ring is 1. The molecule has 4 heteroatoms. The van der Waals surface area contributed by atoms with Gasteiger partial charge in [-0.05, 0) is 58.9 Å². The number of hydrogen-bond acceptors (Lipinski definition) is 3. The molecule has 1 aromatic heterocycles. The van der Waals surface area contributed by atoms with Gasteiger partial charge in [-0.25, -0.2) is 0 Å². The van der Waals surface area contributed by atoms with Crippen molar-refractivity contribution in [1.29, 1.82) is 0 Å². The van der Waals surface area contributed by atoms with Gasteiger partial charge in [-0.1, -0.05) is 93.4 Å². The number of aromatic nitrogens is 1. The molecular weight excluding hydrogens is 440 g/mol. The van der Waals surface area contributed by atoms with Gasteiger partial charge in [0.05, 0.1) is 11.4 Å². The Balaban J connectivity index is 1.40. The van der Waals surface area contributed by atoms with Gasteiger partial charge >= 0.3 is 0 Å². The summed E-state index contributed by atoms with van der Waals surface area (Å²) in [5, 5.41) is 0. The van der Waals surface area contributed by atoms with E-state index in [4.69, 9.17) is 5.84 Å². The van der Waals surface area contributed by atoms with Crippen LogP contribution in [-0.2, 0) is 12.8 Å². The molecule has 3 aromatic carbocycles. The Bertz CT molecular complexity index is 1390. The van der Waals surface area contributed by atoms with Gasteiger partial charge in [0.25, 0.3) is 0 Å². The van der Waals surface area contributed by atoms with Crippen LogP contribution >= 0.6 is 0 Å². The van der Waals surface area contributed by atoms with E-state index in [9.17, 15) is 0 Å². The molecule has 4 nitrogen and oxygen atoms in total. The van der Waals surface area contributed by atoms with Crippen LogP contribution in [0.25, 0.3) is 33.7 Å². The highest BCUT2D eigenvalue weighted by molar-refractivity contribution is 5.86. The number of hydrogen-bond donors (Lipinski definition) is 3. The lowest BCUT2D eigenvalue weighted by Crippen LogP contribution is -2.28. The molecule has 0 fully saturated rings. The zero-order chi connectivity index (χ0) is 24.9. The second-order valence-corrected chi connectivity index (χ2v) is 9.42. The van der Waals surface area contributed by atoms with E-state index < -0.39 is 0 Å². The number of nitrogens with two attached hydrogens (primary N) is 1. The number of hydrazine groups is 1. The average Bonchev–Trinajstić information content (AvgIpc) is 3.32. The van der Waals surface area contributed by atoms with Crippen LogP contribution in [0.5, 0.6) is 0 Å². The predicted molar refractivity (Wildman–Crippen MR) is 152 cm³/mol. The van der Waals surface area contributed by atoms with Crippen LogP contribution in [0.3, 0.4) is 0 Å². The van der Waals surface area contributed by atoms with E-state index >= 15 is 0 Å². The molecule has 0 saturated heterocycles. The molecule has 0 aliphatic carbocycles. The highest BCUT2D eigenvalue weighted by Gasteiger charge is 2.12. The monoisotopic (exact) mass is 474 g/mol. The van der Waals surface area contributed by atoms with E-state index in [0.29, 0.717) is 0 Å². The van der Waals surface area contributed by atoms with E-state index in [1.165, 1.54) is 16.7 Å². The summed E-state index contributed by atoms with van der Waals surface area (Å²) in [6.45, 7) is 4.42. The van der Waals surface area contributed by atoms with Gasteiger partial charge in [0.1, 0.15) is 0 Å². The summed E-state index contributed by atoms with van der Waals surface area (Å²) >= 11 is 0. The number of allylic oxidation sites excluding steroid dienone is 2. The molecule has 1 aliphatic heterocycles. The molecule has 0 spiro atoms. The standard InChI is InChI=1S/C32H34N4/c1-3-6-23-10-14-25(15-11-23)31-19-29(21-34-35-31)27-8-5-9-28(18-27)30-20-32(36(33)22-30)26-16-12-24(7-4-2)13-17-26/h5,8-22,34-35H,3-4,6-7,33H2,1-2H3. The van der Waals surface area contributed by atoms with Crippen molar-refractivity contribution in [3.63, 3.8) is 0 Å². The number of benzene rings is 3. The minimum absolute atomic E-state index is 1.01. The maximum atomic E-state index is 6.38. The van der Waals surface area contributed by atoms with Gasteiger partial charge in [0.15, 0.2) is 0 Å². The van der Waals surface area contributed by atoms with Crippen molar-refractivity contribution in [3.05, 3.63) is 120 Å². The SMILES string of the molecule is CCCc1ccc(C2=CC(c3cccc(-c4cc(-c5ccc(CCC)cc5)n(N)c4)c3)=CNN2)cc1. The highest BCUT2D eigenvalue weighted by atomic mass is 15.4. The molecule has 1 aliphatic rings. The summed E-state index contributed by atoms with van der Waals surface area (Å²) in [6, 6.07) is 28.3. The second kappa shape index (κ2) is 10.6. The normalized spacial score (nSPS) is 12.9. The fourth-order valence-electron chi connectivity index (χ4n) is 4.76. The van der Waals surface area contributed by atoms with E-state index in [0.717, 1.165) is 64.9 Å². The Labute approximate surface area is 214 Å². The maximum Gasteiger partial charge on any atom is 0.0696 e. The molecule has 0 amide bonds. The molecule has 0 saturated carbocycles. The summed E-state index contributed by atoms with van der Waals surface area (Å²) < 4.78 is 1.72. The van der Waals surface area contributed by atoms with Crippen molar-refractivity contribution in [2.24, 2.45) is 0 Å². The molecule has 182 valence electrons. The van der Waals surface area contributed by atoms with E-state index in [-0.39, 0.29) is 0 Å². The van der Waals surface area contributed by atoms with Crippen LogP contribution in [-0.4, -0.2) is 4.68 Å². The lowest BCUT2D eigenvalue weighted by Gasteiger charge is -2.19. The molecule has 0 atom stereocenters. The minimum atomic E-state index is 1.01. The van der Waals surface area contributed by atoms with E-state index in [1.54, 1.807) is 4.68 Å². The maximum absolute atomic E-state index is 6.38. The van der Waals surface area contributed by atoms with Crippen molar-refractivity contribution < 1.29 is 0 Å². The number of aryl methyl sites for hydroxylation is 2. The summed E-state index contributed by atoms with van der Waals surface area (Å²) in [6.07, 6.45) is 10.7. The van der Waals surface area contributed by atoms with Crippen molar-refractivity contribution in [1.82, 2.24) is 15.5 Å². The smallest absolute Gasteiger partial charge is 0.0696 e. The largest absolute Gasteiger partial charge is 0.339 e. The first-order valence-corrected chi connectivity index (χ1v) is 12.8. The van der Waals surface area contributed by atoms with E-state index in [2.05, 4.69) is 110 Å². The number of nitrogens with one attached hydrogen (secondary N) is 2. The first-order valence-electron chi connectivity index (χ1n) is 12.8. The molecule has 36 heavy (non-hydrogen) atoms. The molecule has 4 N–H and O–H groups in total. The van der Waals surface area contributed by atoms with Gasteiger partial charge < -0.3 is 16.7 Å². The van der Waals surface area contributed by atoms with Crippen molar-refractivity contribution >= 4 is 11.3 Å². The zero-order valence-corrected chi connectivity index (χ0v) is 21.1. The highest BCUT2D eigenvalue weighted by Crippen LogP contribution is 2.31. The lowest BCUT2D eigenvalue weighted by atomic mass is 9.98. The molecule has 4 aromatic rings. The Morgan fingerprint density at radius 1 is 0.694 bits per heavy atom. The zero-order valence-electron chi connectivity index (χ0n) is 21.1. The third-order valence-corrected chi connectivity index (χ3v) is 6.70. The fraction of sp³-hybridized carbons (Fsp3) is 0.188. The second-order valence-electron chi connectivity index (χ2n) is 9.42. The number of rotatable bonds is 8. The Kier molecular flexibility index (Phi) is 6.94. The van der Waals surface area contributed by atoms with Gasteiger partial charge in [-0.3, -0.25) is 4.68 Å².